The molecule has 2 aliphatic rings. The lowest BCUT2D eigenvalue weighted by Crippen LogP contribution is -2.37. The molecular weight excluding hydrogens is 206 g/mol. The molecule has 2 rings (SSSR count). The first kappa shape index (κ1) is 13.4. The highest BCUT2D eigenvalue weighted by molar-refractivity contribution is 4.85. The van der Waals surface area contributed by atoms with Crippen molar-refractivity contribution in [3.8, 4) is 0 Å². The normalized spacial score (nSPS) is 25.2. The van der Waals surface area contributed by atoms with Crippen molar-refractivity contribution in [3.63, 3.8) is 0 Å². The predicted octanol–water partition coefficient (Wildman–Crippen LogP) is 4.52. The minimum absolute atomic E-state index is 0.848. The van der Waals surface area contributed by atoms with Crippen molar-refractivity contribution in [2.75, 3.05) is 6.54 Å². The summed E-state index contributed by atoms with van der Waals surface area (Å²) in [7, 11) is 0. The summed E-state index contributed by atoms with van der Waals surface area (Å²) in [5, 5.41) is 3.86. The highest BCUT2D eigenvalue weighted by atomic mass is 14.9. The van der Waals surface area contributed by atoms with Gasteiger partial charge in [0.15, 0.2) is 0 Å². The molecule has 0 saturated heterocycles. The molecule has 1 nitrogen and oxygen atoms in total. The van der Waals surface area contributed by atoms with Gasteiger partial charge in [-0.1, -0.05) is 51.9 Å². The maximum atomic E-state index is 3.86. The molecule has 0 aromatic rings. The molecule has 1 unspecified atom stereocenters. The second-order valence-corrected chi connectivity index (χ2v) is 6.34. The molecule has 2 fully saturated rings. The van der Waals surface area contributed by atoms with E-state index in [0.717, 1.165) is 17.9 Å². The van der Waals surface area contributed by atoms with Gasteiger partial charge in [-0.3, -0.25) is 0 Å². The zero-order valence-corrected chi connectivity index (χ0v) is 11.7. The van der Waals surface area contributed by atoms with Crippen molar-refractivity contribution < 1.29 is 0 Å². The van der Waals surface area contributed by atoms with E-state index in [2.05, 4.69) is 12.2 Å². The van der Waals surface area contributed by atoms with Gasteiger partial charge in [-0.05, 0) is 44.1 Å². The summed E-state index contributed by atoms with van der Waals surface area (Å²) in [6, 6.07) is 0.848. The van der Waals surface area contributed by atoms with E-state index < -0.39 is 0 Å². The fourth-order valence-electron chi connectivity index (χ4n) is 3.37. The van der Waals surface area contributed by atoms with Crippen molar-refractivity contribution in [1.29, 1.82) is 0 Å². The van der Waals surface area contributed by atoms with Gasteiger partial charge in [-0.25, -0.2) is 0 Å². The van der Waals surface area contributed by atoms with E-state index in [4.69, 9.17) is 0 Å². The van der Waals surface area contributed by atoms with Crippen LogP contribution in [0.25, 0.3) is 0 Å². The van der Waals surface area contributed by atoms with E-state index in [-0.39, 0.29) is 0 Å². The van der Waals surface area contributed by atoms with E-state index in [1.54, 1.807) is 0 Å². The van der Waals surface area contributed by atoms with Gasteiger partial charge >= 0.3 is 0 Å². The summed E-state index contributed by atoms with van der Waals surface area (Å²) < 4.78 is 0. The van der Waals surface area contributed by atoms with Crippen LogP contribution >= 0.6 is 0 Å². The van der Waals surface area contributed by atoms with E-state index in [1.807, 2.05) is 0 Å². The SMILES string of the molecule is CCCNC(CC1CC1)C1CCCCCCC1. The molecule has 2 aliphatic carbocycles. The number of nitrogens with one attached hydrogen (secondary N) is 1. The van der Waals surface area contributed by atoms with Crippen LogP contribution in [-0.4, -0.2) is 12.6 Å². The Bertz CT molecular complexity index is 190. The minimum Gasteiger partial charge on any atom is -0.314 e. The predicted molar refractivity (Wildman–Crippen MR) is 75.2 cm³/mol. The van der Waals surface area contributed by atoms with E-state index in [1.165, 1.54) is 77.2 Å². The molecule has 0 heterocycles. The highest BCUT2D eigenvalue weighted by Gasteiger charge is 2.29. The quantitative estimate of drug-likeness (QED) is 0.716. The molecule has 0 radical (unpaired) electrons. The smallest absolute Gasteiger partial charge is 0.00979 e. The first-order valence-corrected chi connectivity index (χ1v) is 8.13. The minimum atomic E-state index is 0.848. The molecule has 0 aromatic heterocycles. The molecule has 1 atom stereocenters. The van der Waals surface area contributed by atoms with Crippen LogP contribution in [0.5, 0.6) is 0 Å². The van der Waals surface area contributed by atoms with Crippen LogP contribution in [0.4, 0.5) is 0 Å². The summed E-state index contributed by atoms with van der Waals surface area (Å²) in [5.41, 5.74) is 0. The highest BCUT2D eigenvalue weighted by Crippen LogP contribution is 2.37. The zero-order valence-electron chi connectivity index (χ0n) is 11.7. The van der Waals surface area contributed by atoms with Gasteiger partial charge in [0.2, 0.25) is 0 Å². The first-order valence-electron chi connectivity index (χ1n) is 8.13. The van der Waals surface area contributed by atoms with Crippen LogP contribution < -0.4 is 5.32 Å². The van der Waals surface area contributed by atoms with E-state index in [0.29, 0.717) is 0 Å². The number of rotatable bonds is 6. The Morgan fingerprint density at radius 1 is 0.941 bits per heavy atom. The lowest BCUT2D eigenvalue weighted by atomic mass is 9.83. The van der Waals surface area contributed by atoms with Gasteiger partial charge < -0.3 is 5.32 Å². The Balaban J connectivity index is 1.81. The fourth-order valence-corrected chi connectivity index (χ4v) is 3.37. The topological polar surface area (TPSA) is 12.0 Å². The third-order valence-electron chi connectivity index (χ3n) is 4.66. The van der Waals surface area contributed by atoms with Gasteiger partial charge in [0, 0.05) is 6.04 Å². The summed E-state index contributed by atoms with van der Waals surface area (Å²) in [5.74, 6) is 2.07. The maximum absolute atomic E-state index is 3.86. The second-order valence-electron chi connectivity index (χ2n) is 6.34. The van der Waals surface area contributed by atoms with Crippen LogP contribution in [0.3, 0.4) is 0 Å². The fraction of sp³-hybridized carbons (Fsp3) is 1.00. The summed E-state index contributed by atoms with van der Waals surface area (Å²) in [6.07, 6.45) is 16.2. The first-order chi connectivity index (χ1) is 8.40. The average molecular weight is 237 g/mol. The van der Waals surface area contributed by atoms with E-state index in [9.17, 15) is 0 Å². The van der Waals surface area contributed by atoms with Crippen molar-refractivity contribution in [2.24, 2.45) is 11.8 Å². The second kappa shape index (κ2) is 7.41. The summed E-state index contributed by atoms with van der Waals surface area (Å²) in [6.45, 7) is 3.52. The van der Waals surface area contributed by atoms with Crippen molar-refractivity contribution in [3.05, 3.63) is 0 Å². The lowest BCUT2D eigenvalue weighted by molar-refractivity contribution is 0.266. The molecule has 2 saturated carbocycles. The molecule has 0 aliphatic heterocycles. The molecule has 1 N–H and O–H groups in total. The van der Waals surface area contributed by atoms with E-state index >= 15 is 0 Å². The van der Waals surface area contributed by atoms with Gasteiger partial charge in [0.1, 0.15) is 0 Å². The molecule has 17 heavy (non-hydrogen) atoms. The largest absolute Gasteiger partial charge is 0.314 e. The van der Waals surface area contributed by atoms with Crippen LogP contribution in [0.2, 0.25) is 0 Å². The summed E-state index contributed by atoms with van der Waals surface area (Å²) >= 11 is 0. The third-order valence-corrected chi connectivity index (χ3v) is 4.66. The third kappa shape index (κ3) is 4.99. The lowest BCUT2D eigenvalue weighted by Gasteiger charge is -2.30. The molecule has 0 aromatic carbocycles. The van der Waals surface area contributed by atoms with Gasteiger partial charge in [-0.2, -0.15) is 0 Å². The molecule has 1 heteroatoms. The van der Waals surface area contributed by atoms with Crippen molar-refractivity contribution in [2.45, 2.75) is 83.6 Å². The van der Waals surface area contributed by atoms with Crippen molar-refractivity contribution in [1.82, 2.24) is 5.32 Å². The van der Waals surface area contributed by atoms with Crippen LogP contribution in [0.1, 0.15) is 77.6 Å². The molecule has 100 valence electrons. The Hall–Kier alpha value is -0.0400. The van der Waals surface area contributed by atoms with Gasteiger partial charge in [0.25, 0.3) is 0 Å². The summed E-state index contributed by atoms with van der Waals surface area (Å²) in [4.78, 5) is 0. The molecule has 0 amide bonds. The Labute approximate surface area is 108 Å². The number of hydrogen-bond donors (Lipinski definition) is 1. The molecule has 0 spiro atoms. The molecular formula is C16H31N. The average Bonchev–Trinajstić information content (AvgIpc) is 3.08. The van der Waals surface area contributed by atoms with Gasteiger partial charge in [0.05, 0.1) is 0 Å². The van der Waals surface area contributed by atoms with Crippen LogP contribution in [0.15, 0.2) is 0 Å². The van der Waals surface area contributed by atoms with Crippen LogP contribution in [-0.2, 0) is 0 Å². The zero-order chi connectivity index (χ0) is 11.9. The van der Waals surface area contributed by atoms with Gasteiger partial charge in [-0.15, -0.1) is 0 Å². The standard InChI is InChI=1S/C16H31N/c1-2-12-17-16(13-14-10-11-14)15-8-6-4-3-5-7-9-15/h14-17H,2-13H2,1H3. The van der Waals surface area contributed by atoms with Crippen LogP contribution in [0, 0.1) is 11.8 Å². The Morgan fingerprint density at radius 2 is 1.59 bits per heavy atom. The monoisotopic (exact) mass is 237 g/mol. The number of hydrogen-bond acceptors (Lipinski definition) is 1. The Morgan fingerprint density at radius 3 is 2.18 bits per heavy atom. The molecule has 0 bridgehead atoms. The Kier molecular flexibility index (Phi) is 5.84. The van der Waals surface area contributed by atoms with Crippen molar-refractivity contribution >= 4 is 0 Å². The maximum Gasteiger partial charge on any atom is 0.00979 e.